The maximum atomic E-state index is 14.0. The average molecular weight is 334 g/mol. The molecule has 20 heavy (non-hydrogen) atoms. The molecule has 0 saturated carbocycles. The number of halogens is 2. The first-order valence-electron chi connectivity index (χ1n) is 7.07. The minimum atomic E-state index is -0.186. The smallest absolute Gasteiger partial charge is 0.127 e. The van der Waals surface area contributed by atoms with Crippen molar-refractivity contribution in [3.05, 3.63) is 34.6 Å². The molecule has 1 nitrogen and oxygen atoms in total. The van der Waals surface area contributed by atoms with Gasteiger partial charge in [-0.2, -0.15) is 23.5 Å². The van der Waals surface area contributed by atoms with Crippen molar-refractivity contribution >= 4 is 35.1 Å². The minimum absolute atomic E-state index is 0.186. The lowest BCUT2D eigenvalue weighted by molar-refractivity contribution is 0.493. The number of hydrogen-bond acceptors (Lipinski definition) is 3. The van der Waals surface area contributed by atoms with Crippen molar-refractivity contribution in [3.8, 4) is 0 Å². The molecule has 1 aromatic rings. The molecule has 1 N–H and O–H groups in total. The highest BCUT2D eigenvalue weighted by Gasteiger charge is 2.25. The van der Waals surface area contributed by atoms with E-state index in [9.17, 15) is 4.39 Å². The third kappa shape index (κ3) is 4.83. The fraction of sp³-hybridized carbons (Fsp3) is 0.600. The molecule has 0 bridgehead atoms. The Morgan fingerprint density at radius 3 is 2.95 bits per heavy atom. The van der Waals surface area contributed by atoms with Gasteiger partial charge >= 0.3 is 0 Å². The third-order valence-electron chi connectivity index (χ3n) is 3.40. The molecule has 2 atom stereocenters. The van der Waals surface area contributed by atoms with Crippen molar-refractivity contribution in [1.29, 1.82) is 0 Å². The summed E-state index contributed by atoms with van der Waals surface area (Å²) >= 11 is 9.85. The van der Waals surface area contributed by atoms with Crippen molar-refractivity contribution in [2.45, 2.75) is 31.1 Å². The van der Waals surface area contributed by atoms with Gasteiger partial charge in [-0.15, -0.1) is 0 Å². The Bertz CT molecular complexity index is 424. The van der Waals surface area contributed by atoms with E-state index < -0.39 is 0 Å². The fourth-order valence-electron chi connectivity index (χ4n) is 2.33. The summed E-state index contributed by atoms with van der Waals surface area (Å²) in [6, 6.07) is 5.35. The predicted octanol–water partition coefficient (Wildman–Crippen LogP) is 4.24. The van der Waals surface area contributed by atoms with Crippen molar-refractivity contribution in [1.82, 2.24) is 5.32 Å². The molecule has 5 heteroatoms. The van der Waals surface area contributed by atoms with Gasteiger partial charge in [0.15, 0.2) is 0 Å². The van der Waals surface area contributed by atoms with Crippen LogP contribution < -0.4 is 5.32 Å². The molecule has 0 aliphatic carbocycles. The molecule has 2 unspecified atom stereocenters. The Balaban J connectivity index is 2.05. The zero-order valence-corrected chi connectivity index (χ0v) is 14.1. The summed E-state index contributed by atoms with van der Waals surface area (Å²) in [6.45, 7) is 3.15. The second-order valence-corrected chi connectivity index (χ2v) is 7.92. The molecule has 0 spiro atoms. The van der Waals surface area contributed by atoms with E-state index in [2.05, 4.69) is 12.2 Å². The molecule has 1 fully saturated rings. The molecule has 112 valence electrons. The van der Waals surface area contributed by atoms with Gasteiger partial charge in [-0.05, 0) is 37.1 Å². The van der Waals surface area contributed by atoms with Gasteiger partial charge in [-0.25, -0.2) is 4.39 Å². The van der Waals surface area contributed by atoms with Gasteiger partial charge in [0.1, 0.15) is 5.82 Å². The van der Waals surface area contributed by atoms with Crippen LogP contribution >= 0.6 is 35.1 Å². The average Bonchev–Trinajstić information content (AvgIpc) is 2.46. The molecule has 0 aromatic heterocycles. The summed E-state index contributed by atoms with van der Waals surface area (Å²) in [7, 11) is 0. The highest BCUT2D eigenvalue weighted by molar-refractivity contribution is 8.06. The first-order valence-corrected chi connectivity index (χ1v) is 9.65. The van der Waals surface area contributed by atoms with Crippen molar-refractivity contribution in [2.24, 2.45) is 0 Å². The lowest BCUT2D eigenvalue weighted by Crippen LogP contribution is -2.43. The molecule has 1 heterocycles. The van der Waals surface area contributed by atoms with Gasteiger partial charge < -0.3 is 5.32 Å². The van der Waals surface area contributed by atoms with Crippen LogP contribution in [0.25, 0.3) is 0 Å². The Morgan fingerprint density at radius 1 is 1.45 bits per heavy atom. The van der Waals surface area contributed by atoms with E-state index in [1.807, 2.05) is 29.6 Å². The monoisotopic (exact) mass is 333 g/mol. The van der Waals surface area contributed by atoms with Gasteiger partial charge in [0, 0.05) is 33.6 Å². The first kappa shape index (κ1) is 16.5. The summed E-state index contributed by atoms with van der Waals surface area (Å²) < 4.78 is 14.0. The van der Waals surface area contributed by atoms with E-state index in [0.717, 1.165) is 30.7 Å². The molecule has 0 amide bonds. The largest absolute Gasteiger partial charge is 0.313 e. The van der Waals surface area contributed by atoms with Crippen molar-refractivity contribution in [3.63, 3.8) is 0 Å². The van der Waals surface area contributed by atoms with Crippen LogP contribution in [0, 0.1) is 5.82 Å². The highest BCUT2D eigenvalue weighted by atomic mass is 35.5. The number of benzene rings is 1. The second kappa shape index (κ2) is 8.52. The molecule has 1 aromatic carbocycles. The Morgan fingerprint density at radius 2 is 2.30 bits per heavy atom. The molecule has 0 radical (unpaired) electrons. The van der Waals surface area contributed by atoms with Gasteiger partial charge in [0.05, 0.1) is 0 Å². The zero-order valence-electron chi connectivity index (χ0n) is 11.7. The molecule has 2 rings (SSSR count). The van der Waals surface area contributed by atoms with Crippen LogP contribution in [0.5, 0.6) is 0 Å². The quantitative estimate of drug-likeness (QED) is 0.836. The van der Waals surface area contributed by atoms with Crippen LogP contribution in [-0.4, -0.2) is 35.1 Å². The van der Waals surface area contributed by atoms with Gasteiger partial charge in [-0.1, -0.05) is 24.6 Å². The summed E-state index contributed by atoms with van der Waals surface area (Å²) in [5.74, 6) is 3.40. The maximum Gasteiger partial charge on any atom is 0.127 e. The predicted molar refractivity (Wildman–Crippen MR) is 90.8 cm³/mol. The lowest BCUT2D eigenvalue weighted by Gasteiger charge is -2.30. The van der Waals surface area contributed by atoms with Crippen molar-refractivity contribution < 1.29 is 4.39 Å². The van der Waals surface area contributed by atoms with Gasteiger partial charge in [0.2, 0.25) is 0 Å². The van der Waals surface area contributed by atoms with E-state index in [4.69, 9.17) is 11.6 Å². The highest BCUT2D eigenvalue weighted by Crippen LogP contribution is 2.28. The van der Waals surface area contributed by atoms with Crippen LogP contribution in [0.4, 0.5) is 4.39 Å². The molecule has 1 saturated heterocycles. The standard InChI is InChI=1S/C15H21ClFNS2/c1-2-5-18-14(15-10-19-6-7-20-15)8-11-3-4-12(16)9-13(11)17/h3-4,9,14-15,18H,2,5-8,10H2,1H3. The molecular formula is C15H21ClFNS2. The summed E-state index contributed by atoms with van der Waals surface area (Å²) in [5, 5.41) is 4.63. The van der Waals surface area contributed by atoms with Gasteiger partial charge in [0.25, 0.3) is 0 Å². The second-order valence-electron chi connectivity index (χ2n) is 4.98. The topological polar surface area (TPSA) is 12.0 Å². The van der Waals surface area contributed by atoms with Crippen LogP contribution in [-0.2, 0) is 6.42 Å². The SMILES string of the molecule is CCCNC(Cc1ccc(Cl)cc1F)C1CSCCS1. The van der Waals surface area contributed by atoms with Crippen LogP contribution in [0.2, 0.25) is 5.02 Å². The minimum Gasteiger partial charge on any atom is -0.313 e. The van der Waals surface area contributed by atoms with Crippen LogP contribution in [0.1, 0.15) is 18.9 Å². The maximum absolute atomic E-state index is 14.0. The summed E-state index contributed by atoms with van der Waals surface area (Å²) in [4.78, 5) is 0. The zero-order chi connectivity index (χ0) is 14.4. The molecular weight excluding hydrogens is 313 g/mol. The Hall–Kier alpha value is 0.1000. The summed E-state index contributed by atoms with van der Waals surface area (Å²) in [5.41, 5.74) is 0.763. The third-order valence-corrected chi connectivity index (χ3v) is 6.56. The number of rotatable bonds is 6. The van der Waals surface area contributed by atoms with Crippen LogP contribution in [0.3, 0.4) is 0 Å². The Kier molecular flexibility index (Phi) is 7.02. The fourth-order valence-corrected chi connectivity index (χ4v) is 5.37. The summed E-state index contributed by atoms with van der Waals surface area (Å²) in [6.07, 6.45) is 1.84. The van der Waals surface area contributed by atoms with E-state index in [1.54, 1.807) is 6.07 Å². The Labute approximate surface area is 134 Å². The van der Waals surface area contributed by atoms with E-state index in [0.29, 0.717) is 16.3 Å². The number of nitrogens with one attached hydrogen (secondary N) is 1. The molecule has 1 aliphatic heterocycles. The number of hydrogen-bond donors (Lipinski definition) is 1. The first-order chi connectivity index (χ1) is 9.70. The van der Waals surface area contributed by atoms with Crippen molar-refractivity contribution in [2.75, 3.05) is 23.8 Å². The van der Waals surface area contributed by atoms with E-state index in [-0.39, 0.29) is 5.82 Å². The normalized spacial score (nSPS) is 20.9. The molecule has 1 aliphatic rings. The van der Waals surface area contributed by atoms with E-state index >= 15 is 0 Å². The van der Waals surface area contributed by atoms with Crippen LogP contribution in [0.15, 0.2) is 18.2 Å². The number of thioether (sulfide) groups is 2. The van der Waals surface area contributed by atoms with E-state index in [1.165, 1.54) is 17.6 Å². The van der Waals surface area contributed by atoms with Gasteiger partial charge in [-0.3, -0.25) is 0 Å². The lowest BCUT2D eigenvalue weighted by atomic mass is 10.0.